The number of carbonyl (C=O) groups excluding carboxylic acids is 1. The van der Waals surface area contributed by atoms with Gasteiger partial charge in [-0.2, -0.15) is 0 Å². The first-order valence-electron chi connectivity index (χ1n) is 10.3. The van der Waals surface area contributed by atoms with Crippen molar-refractivity contribution in [2.75, 3.05) is 13.2 Å². The van der Waals surface area contributed by atoms with Gasteiger partial charge in [0.15, 0.2) is 12.2 Å². The number of halogens is 1. The maximum Gasteiger partial charge on any atom is 0.261 e. The maximum absolute atomic E-state index is 12.8. The molecule has 3 aromatic carbocycles. The average molecular weight is 433 g/mol. The van der Waals surface area contributed by atoms with E-state index in [4.69, 9.17) is 25.7 Å². The number of likely N-dealkylation sites (tertiary alicyclic amines) is 1. The molecule has 0 bridgehead atoms. The molecule has 6 heteroatoms. The minimum absolute atomic E-state index is 0.0312. The van der Waals surface area contributed by atoms with Gasteiger partial charge in [0, 0.05) is 11.6 Å². The molecular formula is C25H21ClN2O3. The topological polar surface area (TPSA) is 55.6 Å². The third-order valence-corrected chi connectivity index (χ3v) is 5.80. The number of fused-ring (bicyclic) bond motifs is 1. The van der Waals surface area contributed by atoms with Gasteiger partial charge < -0.3 is 14.1 Å². The Morgan fingerprint density at radius 1 is 1.06 bits per heavy atom. The van der Waals surface area contributed by atoms with Crippen molar-refractivity contribution in [2.24, 2.45) is 0 Å². The van der Waals surface area contributed by atoms with Crippen LogP contribution in [0.25, 0.3) is 22.2 Å². The first kappa shape index (κ1) is 19.6. The van der Waals surface area contributed by atoms with Crippen LogP contribution in [0.15, 0.2) is 77.2 Å². The van der Waals surface area contributed by atoms with Crippen LogP contribution in [-0.4, -0.2) is 28.9 Å². The second kappa shape index (κ2) is 8.44. The Labute approximate surface area is 185 Å². The van der Waals surface area contributed by atoms with Gasteiger partial charge in [-0.15, -0.1) is 0 Å². The Morgan fingerprint density at radius 2 is 1.87 bits per heavy atom. The van der Waals surface area contributed by atoms with Crippen LogP contribution in [0.2, 0.25) is 5.02 Å². The van der Waals surface area contributed by atoms with Gasteiger partial charge in [0.1, 0.15) is 17.3 Å². The van der Waals surface area contributed by atoms with Crippen molar-refractivity contribution in [1.29, 1.82) is 0 Å². The molecule has 1 aliphatic heterocycles. The maximum atomic E-state index is 12.8. The average Bonchev–Trinajstić information content (AvgIpc) is 3.45. The SMILES string of the molecule is O=C(COc1ccc(Cl)cc1)N1CCCC1c1nc2cc(-c3ccccc3)ccc2o1. The number of benzene rings is 3. The van der Waals surface area contributed by atoms with Crippen molar-refractivity contribution in [3.8, 4) is 16.9 Å². The molecule has 1 atom stereocenters. The second-order valence-electron chi connectivity index (χ2n) is 7.59. The van der Waals surface area contributed by atoms with Crippen molar-refractivity contribution >= 4 is 28.6 Å². The largest absolute Gasteiger partial charge is 0.484 e. The third kappa shape index (κ3) is 4.14. The molecule has 1 amide bonds. The van der Waals surface area contributed by atoms with Crippen LogP contribution in [0.3, 0.4) is 0 Å². The number of hydrogen-bond donors (Lipinski definition) is 0. The molecule has 1 saturated heterocycles. The van der Waals surface area contributed by atoms with Crippen LogP contribution in [0.5, 0.6) is 5.75 Å². The highest BCUT2D eigenvalue weighted by atomic mass is 35.5. The lowest BCUT2D eigenvalue weighted by Gasteiger charge is -2.22. The predicted molar refractivity (Wildman–Crippen MR) is 120 cm³/mol. The fourth-order valence-corrected chi connectivity index (χ4v) is 4.10. The summed E-state index contributed by atoms with van der Waals surface area (Å²) in [4.78, 5) is 19.4. The smallest absolute Gasteiger partial charge is 0.261 e. The van der Waals surface area contributed by atoms with Crippen molar-refractivity contribution in [3.63, 3.8) is 0 Å². The Kier molecular flexibility index (Phi) is 5.35. The van der Waals surface area contributed by atoms with E-state index in [9.17, 15) is 4.79 Å². The second-order valence-corrected chi connectivity index (χ2v) is 8.02. The van der Waals surface area contributed by atoms with Crippen molar-refractivity contribution < 1.29 is 13.9 Å². The molecule has 1 fully saturated rings. The zero-order chi connectivity index (χ0) is 21.2. The van der Waals surface area contributed by atoms with E-state index in [2.05, 4.69) is 12.1 Å². The van der Waals surface area contributed by atoms with E-state index in [1.54, 1.807) is 29.2 Å². The zero-order valence-electron chi connectivity index (χ0n) is 16.8. The first-order valence-corrected chi connectivity index (χ1v) is 10.7. The van der Waals surface area contributed by atoms with Crippen LogP contribution in [0.4, 0.5) is 0 Å². The summed E-state index contributed by atoms with van der Waals surface area (Å²) >= 11 is 5.89. The number of nitrogens with zero attached hydrogens (tertiary/aromatic N) is 2. The van der Waals surface area contributed by atoms with Crippen LogP contribution in [-0.2, 0) is 4.79 Å². The van der Waals surface area contributed by atoms with E-state index >= 15 is 0 Å². The quantitative estimate of drug-likeness (QED) is 0.394. The summed E-state index contributed by atoms with van der Waals surface area (Å²) < 4.78 is 11.7. The van der Waals surface area contributed by atoms with Crippen LogP contribution in [0.1, 0.15) is 24.8 Å². The lowest BCUT2D eigenvalue weighted by Crippen LogP contribution is -2.34. The molecular weight excluding hydrogens is 412 g/mol. The Morgan fingerprint density at radius 3 is 2.68 bits per heavy atom. The molecule has 4 aromatic rings. The molecule has 2 heterocycles. The lowest BCUT2D eigenvalue weighted by atomic mass is 10.1. The summed E-state index contributed by atoms with van der Waals surface area (Å²) in [5, 5.41) is 0.629. The molecule has 0 aliphatic carbocycles. The summed E-state index contributed by atoms with van der Waals surface area (Å²) in [6.45, 7) is 0.637. The lowest BCUT2D eigenvalue weighted by molar-refractivity contribution is -0.134. The van der Waals surface area contributed by atoms with Crippen LogP contribution >= 0.6 is 11.6 Å². The summed E-state index contributed by atoms with van der Waals surface area (Å²) in [6, 6.07) is 23.0. The minimum Gasteiger partial charge on any atom is -0.484 e. The molecule has 0 N–H and O–H groups in total. The fourth-order valence-electron chi connectivity index (χ4n) is 3.98. The third-order valence-electron chi connectivity index (χ3n) is 5.55. The van der Waals surface area contributed by atoms with Gasteiger partial charge in [0.05, 0.1) is 0 Å². The van der Waals surface area contributed by atoms with Gasteiger partial charge in [-0.05, 0) is 60.4 Å². The zero-order valence-corrected chi connectivity index (χ0v) is 17.6. The highest BCUT2D eigenvalue weighted by molar-refractivity contribution is 6.30. The Balaban J connectivity index is 1.33. The summed E-state index contributed by atoms with van der Waals surface area (Å²) in [5.41, 5.74) is 3.74. The number of ether oxygens (including phenoxy) is 1. The predicted octanol–water partition coefficient (Wildman–Crippen LogP) is 5.89. The molecule has 0 radical (unpaired) electrons. The van der Waals surface area contributed by atoms with Gasteiger partial charge in [-0.25, -0.2) is 4.98 Å². The molecule has 0 spiro atoms. The molecule has 5 nitrogen and oxygen atoms in total. The van der Waals surface area contributed by atoms with Gasteiger partial charge in [-0.1, -0.05) is 48.0 Å². The van der Waals surface area contributed by atoms with Crippen LogP contribution < -0.4 is 4.74 Å². The Bertz CT molecular complexity index is 1200. The van der Waals surface area contributed by atoms with E-state index in [1.165, 1.54) is 0 Å². The van der Waals surface area contributed by atoms with Crippen LogP contribution in [0, 0.1) is 0 Å². The first-order chi connectivity index (χ1) is 15.2. The number of carbonyl (C=O) groups is 1. The summed E-state index contributed by atoms with van der Waals surface area (Å²) in [6.07, 6.45) is 1.73. The summed E-state index contributed by atoms with van der Waals surface area (Å²) in [7, 11) is 0. The molecule has 156 valence electrons. The molecule has 1 aromatic heterocycles. The van der Waals surface area contributed by atoms with E-state index < -0.39 is 0 Å². The standard InChI is InChI=1S/C25H21ClN2O3/c26-19-9-11-20(12-10-19)30-16-24(29)28-14-4-7-22(28)25-27-21-15-18(8-13-23(21)31-25)17-5-2-1-3-6-17/h1-3,5-6,8-13,15,22H,4,7,14,16H2. The molecule has 1 unspecified atom stereocenters. The number of hydrogen-bond acceptors (Lipinski definition) is 4. The fraction of sp³-hybridized carbons (Fsp3) is 0.200. The number of aromatic nitrogens is 1. The number of oxazole rings is 1. The van der Waals surface area contributed by atoms with Crippen molar-refractivity contribution in [3.05, 3.63) is 83.7 Å². The minimum atomic E-state index is -0.172. The van der Waals surface area contributed by atoms with Gasteiger partial charge in [0.2, 0.25) is 5.89 Å². The van der Waals surface area contributed by atoms with Crippen molar-refractivity contribution in [1.82, 2.24) is 9.88 Å². The molecule has 5 rings (SSSR count). The summed E-state index contributed by atoms with van der Waals surface area (Å²) in [5.74, 6) is 1.12. The van der Waals surface area contributed by atoms with E-state index in [0.29, 0.717) is 23.2 Å². The Hall–Kier alpha value is -3.31. The van der Waals surface area contributed by atoms with Crippen molar-refractivity contribution in [2.45, 2.75) is 18.9 Å². The van der Waals surface area contributed by atoms with E-state index in [-0.39, 0.29) is 18.6 Å². The van der Waals surface area contributed by atoms with E-state index in [0.717, 1.165) is 35.1 Å². The van der Waals surface area contributed by atoms with Gasteiger partial charge in [0.25, 0.3) is 5.91 Å². The van der Waals surface area contributed by atoms with Gasteiger partial charge in [-0.3, -0.25) is 4.79 Å². The number of amides is 1. The molecule has 1 aliphatic rings. The highest BCUT2D eigenvalue weighted by Crippen LogP contribution is 2.34. The highest BCUT2D eigenvalue weighted by Gasteiger charge is 2.33. The van der Waals surface area contributed by atoms with E-state index in [1.807, 2.05) is 36.4 Å². The normalized spacial score (nSPS) is 16.0. The molecule has 0 saturated carbocycles. The molecule has 31 heavy (non-hydrogen) atoms. The van der Waals surface area contributed by atoms with Gasteiger partial charge >= 0.3 is 0 Å². The monoisotopic (exact) mass is 432 g/mol. The number of rotatable bonds is 5.